The largest absolute Gasteiger partial charge is 0.478 e. The predicted octanol–water partition coefficient (Wildman–Crippen LogP) is 2.56. The lowest BCUT2D eigenvalue weighted by atomic mass is 10.2. The zero-order valence-electron chi connectivity index (χ0n) is 15.1. The Hall–Kier alpha value is -3.96. The second kappa shape index (κ2) is 7.96. The molecule has 0 fully saturated rings. The molecule has 0 aliphatic heterocycles. The van der Waals surface area contributed by atoms with Gasteiger partial charge in [-0.2, -0.15) is 9.49 Å². The Kier molecular flexibility index (Phi) is 5.43. The third-order valence-electron chi connectivity index (χ3n) is 3.85. The van der Waals surface area contributed by atoms with Crippen LogP contribution in [-0.2, 0) is 11.8 Å². The fourth-order valence-corrected chi connectivity index (χ4v) is 2.40. The van der Waals surface area contributed by atoms with Crippen LogP contribution in [0.5, 0.6) is 0 Å². The van der Waals surface area contributed by atoms with Gasteiger partial charge in [-0.3, -0.25) is 10.00 Å². The van der Waals surface area contributed by atoms with Gasteiger partial charge in [0.25, 0.3) is 0 Å². The van der Waals surface area contributed by atoms with Gasteiger partial charge in [0.15, 0.2) is 5.82 Å². The maximum atomic E-state index is 13.7. The highest BCUT2D eigenvalue weighted by Crippen LogP contribution is 2.26. The standard InChI is InChI=1S/C17H14F2N6O4/c1-8(11-3-10(18)6-20-13(11)19)29-17(28)24-15-12(7-23-25(15)2)14-21-4-9(5-22-14)16(26)27/h3-8H,1-2H3,(H,24,28)(H,26,27)/t8-/m1/s1. The summed E-state index contributed by atoms with van der Waals surface area (Å²) in [5.41, 5.74) is -0.0308. The smallest absolute Gasteiger partial charge is 0.413 e. The average molecular weight is 404 g/mol. The molecule has 0 saturated carbocycles. The van der Waals surface area contributed by atoms with Crippen molar-refractivity contribution in [3.63, 3.8) is 0 Å². The Morgan fingerprint density at radius 3 is 2.52 bits per heavy atom. The minimum atomic E-state index is -1.18. The summed E-state index contributed by atoms with van der Waals surface area (Å²) in [4.78, 5) is 34.3. The number of anilines is 1. The molecule has 2 N–H and O–H groups in total. The van der Waals surface area contributed by atoms with E-state index in [1.807, 2.05) is 0 Å². The molecule has 0 radical (unpaired) electrons. The summed E-state index contributed by atoms with van der Waals surface area (Å²) >= 11 is 0. The summed E-state index contributed by atoms with van der Waals surface area (Å²) in [5, 5.41) is 15.3. The zero-order chi connectivity index (χ0) is 21.1. The van der Waals surface area contributed by atoms with Gasteiger partial charge in [-0.15, -0.1) is 0 Å². The number of amides is 1. The van der Waals surface area contributed by atoms with Crippen LogP contribution in [-0.4, -0.2) is 41.9 Å². The quantitative estimate of drug-likeness (QED) is 0.620. The molecule has 3 heterocycles. The van der Waals surface area contributed by atoms with Crippen LogP contribution in [0.25, 0.3) is 11.4 Å². The summed E-state index contributed by atoms with van der Waals surface area (Å²) in [6, 6.07) is 0.883. The van der Waals surface area contributed by atoms with Crippen LogP contribution in [0.15, 0.2) is 30.9 Å². The Morgan fingerprint density at radius 1 is 1.17 bits per heavy atom. The lowest BCUT2D eigenvalue weighted by Crippen LogP contribution is -2.19. The van der Waals surface area contributed by atoms with Gasteiger partial charge in [0.05, 0.1) is 29.1 Å². The first kappa shape index (κ1) is 19.8. The van der Waals surface area contributed by atoms with Crippen LogP contribution in [0.2, 0.25) is 0 Å². The van der Waals surface area contributed by atoms with Gasteiger partial charge in [-0.25, -0.2) is 28.9 Å². The first-order valence-electron chi connectivity index (χ1n) is 8.12. The fraction of sp³-hybridized carbons (Fsp3) is 0.176. The van der Waals surface area contributed by atoms with E-state index in [2.05, 4.69) is 25.4 Å². The molecular weight excluding hydrogens is 390 g/mol. The second-order valence-corrected chi connectivity index (χ2v) is 5.84. The Bertz CT molecular complexity index is 1070. The van der Waals surface area contributed by atoms with Crippen molar-refractivity contribution < 1.29 is 28.2 Å². The summed E-state index contributed by atoms with van der Waals surface area (Å²) in [6.07, 6.45) is 2.21. The summed E-state index contributed by atoms with van der Waals surface area (Å²) in [6.45, 7) is 1.36. The number of hydrogen-bond donors (Lipinski definition) is 2. The van der Waals surface area contributed by atoms with Gasteiger partial charge in [0, 0.05) is 19.4 Å². The normalized spacial score (nSPS) is 11.7. The van der Waals surface area contributed by atoms with Crippen molar-refractivity contribution in [2.24, 2.45) is 7.05 Å². The number of halogens is 2. The van der Waals surface area contributed by atoms with E-state index in [1.165, 1.54) is 24.9 Å². The number of aromatic nitrogens is 5. The van der Waals surface area contributed by atoms with E-state index in [0.717, 1.165) is 18.5 Å². The van der Waals surface area contributed by atoms with Crippen molar-refractivity contribution in [3.8, 4) is 11.4 Å². The van der Waals surface area contributed by atoms with E-state index in [-0.39, 0.29) is 22.8 Å². The van der Waals surface area contributed by atoms with Crippen LogP contribution in [0.3, 0.4) is 0 Å². The number of carboxylic acid groups (broad SMARTS) is 1. The lowest BCUT2D eigenvalue weighted by Gasteiger charge is -2.15. The highest BCUT2D eigenvalue weighted by atomic mass is 19.1. The minimum absolute atomic E-state index is 0.105. The Balaban J connectivity index is 1.78. The fourth-order valence-electron chi connectivity index (χ4n) is 2.40. The number of ether oxygens (including phenoxy) is 1. The van der Waals surface area contributed by atoms with Crippen LogP contribution >= 0.6 is 0 Å². The minimum Gasteiger partial charge on any atom is -0.478 e. The van der Waals surface area contributed by atoms with Gasteiger partial charge in [0.2, 0.25) is 5.95 Å². The molecule has 0 unspecified atom stereocenters. The summed E-state index contributed by atoms with van der Waals surface area (Å²) in [5.74, 6) is -2.64. The van der Waals surface area contributed by atoms with E-state index in [4.69, 9.17) is 9.84 Å². The number of aromatic carboxylic acids is 1. The number of hydrogen-bond acceptors (Lipinski definition) is 7. The van der Waals surface area contributed by atoms with E-state index < -0.39 is 29.9 Å². The summed E-state index contributed by atoms with van der Waals surface area (Å²) in [7, 11) is 1.53. The third-order valence-corrected chi connectivity index (χ3v) is 3.85. The number of carboxylic acids is 1. The van der Waals surface area contributed by atoms with Gasteiger partial charge < -0.3 is 9.84 Å². The van der Waals surface area contributed by atoms with Crippen molar-refractivity contribution in [3.05, 3.63) is 53.7 Å². The molecule has 150 valence electrons. The van der Waals surface area contributed by atoms with Gasteiger partial charge in [-0.1, -0.05) is 0 Å². The third kappa shape index (κ3) is 4.31. The molecule has 3 aromatic heterocycles. The molecule has 0 saturated heterocycles. The van der Waals surface area contributed by atoms with Crippen LogP contribution in [0.4, 0.5) is 19.4 Å². The molecule has 10 nitrogen and oxygen atoms in total. The molecule has 0 aliphatic carbocycles. The van der Waals surface area contributed by atoms with E-state index in [0.29, 0.717) is 11.8 Å². The molecule has 0 spiro atoms. The van der Waals surface area contributed by atoms with E-state index in [9.17, 15) is 18.4 Å². The average Bonchev–Trinajstić information content (AvgIpc) is 3.04. The highest BCUT2D eigenvalue weighted by molar-refractivity contribution is 5.89. The SMILES string of the molecule is C[C@@H](OC(=O)Nc1c(-c2ncc(C(=O)O)cn2)cnn1C)c1cc(F)cnc1F. The second-order valence-electron chi connectivity index (χ2n) is 5.84. The molecule has 3 rings (SSSR count). The molecule has 1 amide bonds. The number of carbonyl (C=O) groups is 2. The number of aryl methyl sites for hydroxylation is 1. The molecular formula is C17H14F2N6O4. The number of nitrogens with zero attached hydrogens (tertiary/aromatic N) is 5. The maximum absolute atomic E-state index is 13.7. The van der Waals surface area contributed by atoms with Crippen molar-refractivity contribution in [2.45, 2.75) is 13.0 Å². The number of nitrogens with one attached hydrogen (secondary N) is 1. The molecule has 0 aliphatic rings. The Morgan fingerprint density at radius 2 is 1.86 bits per heavy atom. The first-order valence-corrected chi connectivity index (χ1v) is 8.12. The zero-order valence-corrected chi connectivity index (χ0v) is 15.1. The highest BCUT2D eigenvalue weighted by Gasteiger charge is 2.21. The number of pyridine rings is 1. The Labute approximate surface area is 162 Å². The molecule has 1 atom stereocenters. The number of rotatable bonds is 5. The monoisotopic (exact) mass is 404 g/mol. The van der Waals surface area contributed by atoms with Gasteiger partial charge >= 0.3 is 12.1 Å². The van der Waals surface area contributed by atoms with Crippen molar-refractivity contribution in [2.75, 3.05) is 5.32 Å². The van der Waals surface area contributed by atoms with Crippen LogP contribution in [0.1, 0.15) is 28.9 Å². The molecule has 0 aromatic carbocycles. The molecule has 3 aromatic rings. The van der Waals surface area contributed by atoms with Crippen LogP contribution < -0.4 is 5.32 Å². The maximum Gasteiger partial charge on any atom is 0.413 e. The topological polar surface area (TPSA) is 132 Å². The summed E-state index contributed by atoms with van der Waals surface area (Å²) < 4.78 is 33.4. The lowest BCUT2D eigenvalue weighted by molar-refractivity contribution is 0.0696. The van der Waals surface area contributed by atoms with Crippen molar-refractivity contribution >= 4 is 17.9 Å². The van der Waals surface area contributed by atoms with Crippen LogP contribution in [0, 0.1) is 11.8 Å². The molecule has 29 heavy (non-hydrogen) atoms. The van der Waals surface area contributed by atoms with Gasteiger partial charge in [-0.05, 0) is 13.0 Å². The van der Waals surface area contributed by atoms with Crippen molar-refractivity contribution in [1.29, 1.82) is 0 Å². The van der Waals surface area contributed by atoms with Crippen molar-refractivity contribution in [1.82, 2.24) is 24.7 Å². The first-order chi connectivity index (χ1) is 13.8. The number of carbonyl (C=O) groups excluding carboxylic acids is 1. The molecule has 0 bridgehead atoms. The van der Waals surface area contributed by atoms with E-state index >= 15 is 0 Å². The molecule has 12 heteroatoms. The van der Waals surface area contributed by atoms with Gasteiger partial charge in [0.1, 0.15) is 17.7 Å². The predicted molar refractivity (Wildman–Crippen MR) is 93.9 cm³/mol. The van der Waals surface area contributed by atoms with E-state index in [1.54, 1.807) is 0 Å².